The van der Waals surface area contributed by atoms with Crippen LogP contribution < -0.4 is 10.1 Å². The largest absolute Gasteiger partial charge is 0.466 e. The summed E-state index contributed by atoms with van der Waals surface area (Å²) in [6.45, 7) is -0.996. The van der Waals surface area contributed by atoms with Crippen LogP contribution in [0.15, 0.2) is 35.5 Å². The second-order valence-electron chi connectivity index (χ2n) is 7.05. The van der Waals surface area contributed by atoms with Gasteiger partial charge in [-0.2, -0.15) is 13.2 Å². The van der Waals surface area contributed by atoms with Crippen LogP contribution in [0.4, 0.5) is 36.4 Å². The quantitative estimate of drug-likeness (QED) is 0.438. The van der Waals surface area contributed by atoms with E-state index in [9.17, 15) is 40.3 Å². The molecule has 0 saturated heterocycles. The molecule has 2 aromatic rings. The van der Waals surface area contributed by atoms with E-state index in [0.717, 1.165) is 12.0 Å². The van der Waals surface area contributed by atoms with Crippen LogP contribution in [0.1, 0.15) is 5.56 Å². The Morgan fingerprint density at radius 2 is 1.66 bits per heavy atom. The molecule has 1 aliphatic heterocycles. The van der Waals surface area contributed by atoms with E-state index in [1.807, 2.05) is 0 Å². The van der Waals surface area contributed by atoms with Crippen LogP contribution >= 0.6 is 0 Å². The molecule has 0 fully saturated rings. The number of benzene rings is 2. The van der Waals surface area contributed by atoms with Crippen molar-refractivity contribution in [1.82, 2.24) is 4.90 Å². The molecule has 14 heteroatoms. The van der Waals surface area contributed by atoms with E-state index in [-0.39, 0.29) is 30.8 Å². The maximum absolute atomic E-state index is 14.2. The number of alkyl halides is 3. The number of anilines is 1. The van der Waals surface area contributed by atoms with E-state index in [1.165, 1.54) is 0 Å². The monoisotopic (exact) mass is 508 g/mol. The third-order valence-electron chi connectivity index (χ3n) is 4.77. The lowest BCUT2D eigenvalue weighted by molar-refractivity contribution is -0.138. The zero-order valence-corrected chi connectivity index (χ0v) is 17.6. The van der Waals surface area contributed by atoms with Crippen molar-refractivity contribution in [1.29, 1.82) is 0 Å². The summed E-state index contributed by atoms with van der Waals surface area (Å²) in [5, 5.41) is 11.4. The number of aliphatic hydroxyl groups excluding tert-OH is 1. The lowest BCUT2D eigenvalue weighted by Crippen LogP contribution is -2.31. The molecule has 35 heavy (non-hydrogen) atoms. The molecule has 2 aromatic carbocycles. The van der Waals surface area contributed by atoms with Gasteiger partial charge in [0, 0.05) is 18.7 Å². The average Bonchev–Trinajstić information content (AvgIpc) is 3.08. The third-order valence-corrected chi connectivity index (χ3v) is 4.77. The fourth-order valence-corrected chi connectivity index (χ4v) is 3.13. The number of amides is 1. The predicted octanol–water partition coefficient (Wildman–Crippen LogP) is 3.73. The van der Waals surface area contributed by atoms with E-state index < -0.39 is 76.4 Å². The van der Waals surface area contributed by atoms with Gasteiger partial charge < -0.3 is 24.8 Å². The van der Waals surface area contributed by atoms with Crippen molar-refractivity contribution in [3.05, 3.63) is 64.4 Å². The first-order valence-electron chi connectivity index (χ1n) is 9.59. The van der Waals surface area contributed by atoms with Gasteiger partial charge in [0.05, 0.1) is 37.1 Å². The van der Waals surface area contributed by atoms with Crippen molar-refractivity contribution < 1.29 is 54.9 Å². The Labute approximate surface area is 192 Å². The summed E-state index contributed by atoms with van der Waals surface area (Å²) < 4.78 is 104. The van der Waals surface area contributed by atoms with Gasteiger partial charge in [-0.3, -0.25) is 4.79 Å². The maximum atomic E-state index is 14.2. The van der Waals surface area contributed by atoms with Crippen LogP contribution in [-0.4, -0.2) is 48.7 Å². The van der Waals surface area contributed by atoms with Crippen molar-refractivity contribution in [2.45, 2.75) is 6.18 Å². The van der Waals surface area contributed by atoms with Gasteiger partial charge in [-0.15, -0.1) is 0 Å². The molecule has 0 spiro atoms. The summed E-state index contributed by atoms with van der Waals surface area (Å²) in [6, 6.07) is 0.652. The Bertz CT molecular complexity index is 1190. The Kier molecular flexibility index (Phi) is 7.24. The molecule has 0 unspecified atom stereocenters. The molecule has 0 radical (unpaired) electrons. The Morgan fingerprint density at radius 3 is 2.20 bits per heavy atom. The first kappa shape index (κ1) is 25.8. The second-order valence-corrected chi connectivity index (χ2v) is 7.05. The predicted molar refractivity (Wildman–Crippen MR) is 104 cm³/mol. The topological polar surface area (TPSA) is 88.1 Å². The molecule has 3 rings (SSSR count). The highest BCUT2D eigenvalue weighted by Gasteiger charge is 2.36. The fraction of sp³-hybridized carbons (Fsp3) is 0.238. The molecule has 7 nitrogen and oxygen atoms in total. The van der Waals surface area contributed by atoms with Gasteiger partial charge in [-0.25, -0.2) is 22.4 Å². The van der Waals surface area contributed by atoms with Crippen molar-refractivity contribution in [3.63, 3.8) is 0 Å². The van der Waals surface area contributed by atoms with Crippen LogP contribution in [0.3, 0.4) is 0 Å². The normalized spacial score (nSPS) is 14.0. The Balaban J connectivity index is 2.06. The van der Waals surface area contributed by atoms with Crippen LogP contribution in [0.2, 0.25) is 0 Å². The van der Waals surface area contributed by atoms with Gasteiger partial charge in [-0.1, -0.05) is 0 Å². The zero-order valence-electron chi connectivity index (χ0n) is 17.6. The second kappa shape index (κ2) is 9.82. The van der Waals surface area contributed by atoms with E-state index >= 15 is 0 Å². The number of carbonyl (C=O) groups is 2. The zero-order chi connectivity index (χ0) is 26.1. The number of nitrogens with zero attached hydrogens (tertiary/aromatic N) is 1. The summed E-state index contributed by atoms with van der Waals surface area (Å²) >= 11 is 0. The van der Waals surface area contributed by atoms with Gasteiger partial charge in [0.15, 0.2) is 34.8 Å². The van der Waals surface area contributed by atoms with E-state index in [0.29, 0.717) is 12.1 Å². The molecular formula is C21H15F7N2O5. The number of aliphatic hydroxyl groups is 1. The van der Waals surface area contributed by atoms with E-state index in [1.54, 1.807) is 0 Å². The first-order chi connectivity index (χ1) is 16.4. The number of β-amino-alcohol motifs (C(OH)–C–C–N with tert-alkyl or cyclic N) is 1. The summed E-state index contributed by atoms with van der Waals surface area (Å²) in [7, 11) is 1.01. The lowest BCUT2D eigenvalue weighted by Gasteiger charge is -2.17. The van der Waals surface area contributed by atoms with Gasteiger partial charge in [0.1, 0.15) is 5.70 Å². The van der Waals surface area contributed by atoms with Gasteiger partial charge in [0.25, 0.3) is 5.91 Å². The molecule has 0 aromatic heterocycles. The molecule has 2 N–H and O–H groups in total. The van der Waals surface area contributed by atoms with Crippen molar-refractivity contribution >= 4 is 17.6 Å². The number of methoxy groups -OCH3 is 1. The molecular weight excluding hydrogens is 493 g/mol. The van der Waals surface area contributed by atoms with Crippen LogP contribution in [-0.2, 0) is 20.5 Å². The lowest BCUT2D eigenvalue weighted by atomic mass is 10.2. The number of carbonyl (C=O) groups excluding carboxylic acids is 2. The standard InChI is InChI=1S/C21H15F7N2O5/c1-34-20(33)10-8-30(2-3-31)19(32)17(10)29-15-6-11(22)12(23)7-16(15)35-18-13(24)4-9(5-14(18)25)21(26,27)28/h4-7,29,31H,2-3,8H2,1H3. The number of nitrogens with one attached hydrogen (secondary N) is 1. The molecule has 0 atom stereocenters. The van der Waals surface area contributed by atoms with Crippen molar-refractivity contribution in [3.8, 4) is 11.5 Å². The SMILES string of the molecule is COC(=O)C1=C(Nc2cc(F)c(F)cc2Oc2c(F)cc(C(F)(F)F)cc2F)C(=O)N(CCO)C1. The van der Waals surface area contributed by atoms with Crippen LogP contribution in [0.25, 0.3) is 0 Å². The minimum atomic E-state index is -5.07. The average molecular weight is 508 g/mol. The number of ether oxygens (including phenoxy) is 2. The number of hydrogen-bond acceptors (Lipinski definition) is 6. The molecule has 0 bridgehead atoms. The molecule has 1 heterocycles. The minimum Gasteiger partial charge on any atom is -0.466 e. The van der Waals surface area contributed by atoms with Crippen LogP contribution in [0.5, 0.6) is 11.5 Å². The summed E-state index contributed by atoms with van der Waals surface area (Å²) in [5.74, 6) is -10.7. The number of esters is 1. The van der Waals surface area contributed by atoms with Crippen LogP contribution in [0, 0.1) is 23.3 Å². The highest BCUT2D eigenvalue weighted by molar-refractivity contribution is 6.08. The Hall–Kier alpha value is -3.81. The molecule has 0 aliphatic carbocycles. The molecule has 0 saturated carbocycles. The van der Waals surface area contributed by atoms with Crippen molar-refractivity contribution in [2.75, 3.05) is 32.1 Å². The van der Waals surface area contributed by atoms with Gasteiger partial charge in [-0.05, 0) is 12.1 Å². The smallest absolute Gasteiger partial charge is 0.416 e. The Morgan fingerprint density at radius 1 is 1.06 bits per heavy atom. The minimum absolute atomic E-state index is 0.0590. The number of hydrogen-bond donors (Lipinski definition) is 2. The highest BCUT2D eigenvalue weighted by Crippen LogP contribution is 2.39. The first-order valence-corrected chi connectivity index (χ1v) is 9.59. The van der Waals surface area contributed by atoms with Gasteiger partial charge in [0.2, 0.25) is 0 Å². The summed E-state index contributed by atoms with van der Waals surface area (Å²) in [6.07, 6.45) is -5.07. The van der Waals surface area contributed by atoms with Crippen molar-refractivity contribution in [2.24, 2.45) is 0 Å². The molecule has 188 valence electrons. The van der Waals surface area contributed by atoms with Gasteiger partial charge >= 0.3 is 12.1 Å². The molecule has 1 amide bonds. The fourth-order valence-electron chi connectivity index (χ4n) is 3.13. The molecule has 1 aliphatic rings. The third kappa shape index (κ3) is 5.31. The van der Waals surface area contributed by atoms with E-state index in [4.69, 9.17) is 9.84 Å². The number of rotatable bonds is 7. The summed E-state index contributed by atoms with van der Waals surface area (Å²) in [5.41, 5.74) is -3.02. The van der Waals surface area contributed by atoms with E-state index in [2.05, 4.69) is 10.1 Å². The maximum Gasteiger partial charge on any atom is 0.416 e. The number of halogens is 7. The summed E-state index contributed by atoms with van der Waals surface area (Å²) in [4.78, 5) is 25.8. The highest BCUT2D eigenvalue weighted by atomic mass is 19.4.